The lowest BCUT2D eigenvalue weighted by Gasteiger charge is -2.37. The molecule has 1 aliphatic rings. The van der Waals surface area contributed by atoms with E-state index >= 15 is 0 Å². The maximum atomic E-state index is 11.1. The van der Waals surface area contributed by atoms with Crippen LogP contribution in [0.15, 0.2) is 0 Å². The highest BCUT2D eigenvalue weighted by Gasteiger charge is 2.42. The molecular weight excluding hydrogens is 272 g/mol. The summed E-state index contributed by atoms with van der Waals surface area (Å²) >= 11 is 0. The number of aliphatic hydroxyl groups is 1. The first-order valence-electron chi connectivity index (χ1n) is 6.11. The summed E-state index contributed by atoms with van der Waals surface area (Å²) in [6, 6.07) is 0. The van der Waals surface area contributed by atoms with E-state index in [0.29, 0.717) is 0 Å². The van der Waals surface area contributed by atoms with Gasteiger partial charge in [-0.3, -0.25) is 14.4 Å². The summed E-state index contributed by atoms with van der Waals surface area (Å²) in [4.78, 5) is 32.8. The highest BCUT2D eigenvalue weighted by molar-refractivity contribution is 5.67. The second kappa shape index (κ2) is 7.20. The van der Waals surface area contributed by atoms with Crippen LogP contribution in [0.5, 0.6) is 0 Å². The standard InChI is InChI=1S/C12H18O8/c1-6(13)17-5-9-4-10(18-7(2)14)11(12(16)20-9)19-8(3)15/h9-12,16H,4-5H2,1-3H3. The Labute approximate surface area is 115 Å². The minimum Gasteiger partial charge on any atom is -0.463 e. The predicted octanol–water partition coefficient (Wildman–Crippen LogP) is -0.480. The van der Waals surface area contributed by atoms with E-state index in [2.05, 4.69) is 0 Å². The van der Waals surface area contributed by atoms with Gasteiger partial charge in [-0.1, -0.05) is 0 Å². The molecule has 8 nitrogen and oxygen atoms in total. The van der Waals surface area contributed by atoms with Gasteiger partial charge in [0.25, 0.3) is 0 Å². The van der Waals surface area contributed by atoms with Crippen LogP contribution in [0.2, 0.25) is 0 Å². The van der Waals surface area contributed by atoms with E-state index in [0.717, 1.165) is 0 Å². The molecule has 114 valence electrons. The van der Waals surface area contributed by atoms with Crippen molar-refractivity contribution < 1.29 is 38.4 Å². The Kier molecular flexibility index (Phi) is 5.90. The molecule has 1 fully saturated rings. The van der Waals surface area contributed by atoms with E-state index < -0.39 is 42.5 Å². The maximum absolute atomic E-state index is 11.1. The summed E-state index contributed by atoms with van der Waals surface area (Å²) in [5, 5.41) is 9.81. The van der Waals surface area contributed by atoms with Gasteiger partial charge in [0.2, 0.25) is 0 Å². The zero-order valence-electron chi connectivity index (χ0n) is 11.5. The summed E-state index contributed by atoms with van der Waals surface area (Å²) < 4.78 is 19.9. The molecule has 0 aromatic rings. The minimum absolute atomic E-state index is 0.0864. The molecule has 1 heterocycles. The number of rotatable bonds is 4. The van der Waals surface area contributed by atoms with E-state index in [1.165, 1.54) is 20.8 Å². The molecule has 0 spiro atoms. The second-order valence-electron chi connectivity index (χ2n) is 4.41. The number of aliphatic hydroxyl groups excluding tert-OH is 1. The molecular formula is C12H18O8. The molecule has 0 amide bonds. The van der Waals surface area contributed by atoms with Crippen LogP contribution in [0.25, 0.3) is 0 Å². The molecule has 0 radical (unpaired) electrons. The van der Waals surface area contributed by atoms with E-state index in [1.807, 2.05) is 0 Å². The molecule has 0 saturated carbocycles. The summed E-state index contributed by atoms with van der Waals surface area (Å²) in [7, 11) is 0. The molecule has 0 bridgehead atoms. The van der Waals surface area contributed by atoms with Gasteiger partial charge in [-0.05, 0) is 0 Å². The normalized spacial score (nSPS) is 29.4. The average molecular weight is 290 g/mol. The molecule has 4 atom stereocenters. The Balaban J connectivity index is 2.71. The highest BCUT2D eigenvalue weighted by Crippen LogP contribution is 2.24. The topological polar surface area (TPSA) is 108 Å². The first kappa shape index (κ1) is 16.4. The van der Waals surface area contributed by atoms with Gasteiger partial charge < -0.3 is 24.1 Å². The minimum atomic E-state index is -1.46. The Morgan fingerprint density at radius 2 is 1.70 bits per heavy atom. The number of carbonyl (C=O) groups excluding carboxylic acids is 3. The predicted molar refractivity (Wildman–Crippen MR) is 63.2 cm³/mol. The first-order chi connectivity index (χ1) is 9.29. The summed E-state index contributed by atoms with van der Waals surface area (Å²) in [5.41, 5.74) is 0. The largest absolute Gasteiger partial charge is 0.463 e. The van der Waals surface area contributed by atoms with Crippen molar-refractivity contribution >= 4 is 17.9 Å². The summed E-state index contributed by atoms with van der Waals surface area (Å²) in [6.45, 7) is 3.53. The molecule has 1 N–H and O–H groups in total. The lowest BCUT2D eigenvalue weighted by atomic mass is 10.0. The average Bonchev–Trinajstić information content (AvgIpc) is 2.29. The van der Waals surface area contributed by atoms with Crippen molar-refractivity contribution in [3.05, 3.63) is 0 Å². The molecule has 1 saturated heterocycles. The third kappa shape index (κ3) is 5.14. The van der Waals surface area contributed by atoms with Crippen LogP contribution in [0, 0.1) is 0 Å². The van der Waals surface area contributed by atoms with Gasteiger partial charge in [-0.2, -0.15) is 0 Å². The molecule has 4 unspecified atom stereocenters. The molecule has 8 heteroatoms. The first-order valence-corrected chi connectivity index (χ1v) is 6.11. The number of esters is 3. The van der Waals surface area contributed by atoms with Gasteiger partial charge in [0.05, 0.1) is 6.10 Å². The van der Waals surface area contributed by atoms with Gasteiger partial charge in [0.15, 0.2) is 12.4 Å². The quantitative estimate of drug-likeness (QED) is 0.546. The smallest absolute Gasteiger partial charge is 0.303 e. The number of hydrogen-bond acceptors (Lipinski definition) is 8. The molecule has 1 aliphatic heterocycles. The van der Waals surface area contributed by atoms with E-state index in [-0.39, 0.29) is 13.0 Å². The van der Waals surface area contributed by atoms with Crippen molar-refractivity contribution in [1.82, 2.24) is 0 Å². The molecule has 0 aliphatic carbocycles. The molecule has 20 heavy (non-hydrogen) atoms. The number of ether oxygens (including phenoxy) is 4. The van der Waals surface area contributed by atoms with Crippen molar-refractivity contribution in [2.75, 3.05) is 6.61 Å². The fourth-order valence-electron chi connectivity index (χ4n) is 1.88. The van der Waals surface area contributed by atoms with Crippen LogP contribution in [-0.2, 0) is 33.3 Å². The Hall–Kier alpha value is -1.67. The third-order valence-corrected chi connectivity index (χ3v) is 2.57. The third-order valence-electron chi connectivity index (χ3n) is 2.57. The highest BCUT2D eigenvalue weighted by atomic mass is 16.7. The molecule has 1 rings (SSSR count). The van der Waals surface area contributed by atoms with Gasteiger partial charge in [0.1, 0.15) is 12.7 Å². The van der Waals surface area contributed by atoms with E-state index in [9.17, 15) is 19.5 Å². The van der Waals surface area contributed by atoms with Gasteiger partial charge in [-0.15, -0.1) is 0 Å². The van der Waals surface area contributed by atoms with Crippen molar-refractivity contribution in [3.63, 3.8) is 0 Å². The van der Waals surface area contributed by atoms with Gasteiger partial charge in [0, 0.05) is 27.2 Å². The SMILES string of the molecule is CC(=O)OCC1CC(OC(C)=O)C(OC(C)=O)C(O)O1. The van der Waals surface area contributed by atoms with Crippen LogP contribution >= 0.6 is 0 Å². The van der Waals surface area contributed by atoms with Gasteiger partial charge >= 0.3 is 17.9 Å². The van der Waals surface area contributed by atoms with Crippen LogP contribution in [-0.4, -0.2) is 54.2 Å². The second-order valence-corrected chi connectivity index (χ2v) is 4.41. The summed E-state index contributed by atoms with van der Waals surface area (Å²) in [5.74, 6) is -1.70. The van der Waals surface area contributed by atoms with E-state index in [4.69, 9.17) is 18.9 Å². The lowest BCUT2D eigenvalue weighted by Crippen LogP contribution is -2.52. The Morgan fingerprint density at radius 1 is 1.10 bits per heavy atom. The number of carbonyl (C=O) groups is 3. The summed E-state index contributed by atoms with van der Waals surface area (Å²) in [6.07, 6.45) is -3.93. The van der Waals surface area contributed by atoms with Crippen molar-refractivity contribution in [2.24, 2.45) is 0 Å². The maximum Gasteiger partial charge on any atom is 0.303 e. The van der Waals surface area contributed by atoms with Crippen molar-refractivity contribution in [1.29, 1.82) is 0 Å². The number of hydrogen-bond donors (Lipinski definition) is 1. The van der Waals surface area contributed by atoms with Crippen LogP contribution in [0.3, 0.4) is 0 Å². The molecule has 0 aromatic heterocycles. The van der Waals surface area contributed by atoms with Crippen molar-refractivity contribution in [3.8, 4) is 0 Å². The Morgan fingerprint density at radius 3 is 2.20 bits per heavy atom. The Bertz CT molecular complexity index is 380. The van der Waals surface area contributed by atoms with Gasteiger partial charge in [-0.25, -0.2) is 0 Å². The monoisotopic (exact) mass is 290 g/mol. The van der Waals surface area contributed by atoms with Crippen LogP contribution < -0.4 is 0 Å². The van der Waals surface area contributed by atoms with E-state index in [1.54, 1.807) is 0 Å². The van der Waals surface area contributed by atoms with Crippen molar-refractivity contribution in [2.45, 2.75) is 51.8 Å². The lowest BCUT2D eigenvalue weighted by molar-refractivity contribution is -0.263. The van der Waals surface area contributed by atoms with Crippen LogP contribution in [0.1, 0.15) is 27.2 Å². The zero-order valence-corrected chi connectivity index (χ0v) is 11.5. The zero-order chi connectivity index (χ0) is 15.3. The fourth-order valence-corrected chi connectivity index (χ4v) is 1.88. The molecule has 0 aromatic carbocycles. The van der Waals surface area contributed by atoms with Crippen LogP contribution in [0.4, 0.5) is 0 Å². The fraction of sp³-hybridized carbons (Fsp3) is 0.750.